The Labute approximate surface area is 95.0 Å². The Morgan fingerprint density at radius 2 is 2.23 bits per heavy atom. The summed E-state index contributed by atoms with van der Waals surface area (Å²) in [5.74, 6) is -0.796. The average Bonchev–Trinajstić information content (AvgIpc) is 2.06. The van der Waals surface area contributed by atoms with Crippen molar-refractivity contribution in [3.05, 3.63) is 32.4 Å². The minimum absolute atomic E-state index is 0.125. The highest BCUT2D eigenvalue weighted by molar-refractivity contribution is 14.1. The molecule has 13 heavy (non-hydrogen) atoms. The number of rotatable bonds is 3. The SMILES string of the molecule is O=C(O)CCc1cc(I)ccc1Cl. The van der Waals surface area contributed by atoms with Crippen LogP contribution in [-0.4, -0.2) is 11.1 Å². The first kappa shape index (κ1) is 10.8. The highest BCUT2D eigenvalue weighted by Gasteiger charge is 2.03. The van der Waals surface area contributed by atoms with Gasteiger partial charge in [-0.2, -0.15) is 0 Å². The third-order valence-corrected chi connectivity index (χ3v) is 2.66. The van der Waals surface area contributed by atoms with Crippen molar-refractivity contribution in [2.24, 2.45) is 0 Å². The Morgan fingerprint density at radius 1 is 1.54 bits per heavy atom. The Bertz CT molecular complexity index is 325. The molecule has 4 heteroatoms. The van der Waals surface area contributed by atoms with Gasteiger partial charge >= 0.3 is 5.97 Å². The summed E-state index contributed by atoms with van der Waals surface area (Å²) in [5.41, 5.74) is 0.899. The minimum atomic E-state index is -0.796. The van der Waals surface area contributed by atoms with E-state index in [0.717, 1.165) is 9.13 Å². The number of carbonyl (C=O) groups is 1. The number of carboxylic acids is 1. The molecule has 1 aromatic carbocycles. The lowest BCUT2D eigenvalue weighted by Gasteiger charge is -2.02. The maximum absolute atomic E-state index is 10.3. The van der Waals surface area contributed by atoms with E-state index in [1.165, 1.54) is 0 Å². The molecule has 70 valence electrons. The summed E-state index contributed by atoms with van der Waals surface area (Å²) in [7, 11) is 0. The minimum Gasteiger partial charge on any atom is -0.481 e. The van der Waals surface area contributed by atoms with E-state index in [-0.39, 0.29) is 6.42 Å². The first-order valence-electron chi connectivity index (χ1n) is 3.75. The van der Waals surface area contributed by atoms with Gasteiger partial charge in [-0.3, -0.25) is 4.79 Å². The van der Waals surface area contributed by atoms with Gasteiger partial charge in [-0.05, 0) is 52.8 Å². The summed E-state index contributed by atoms with van der Waals surface area (Å²) < 4.78 is 1.07. The van der Waals surface area contributed by atoms with Crippen molar-refractivity contribution in [2.45, 2.75) is 12.8 Å². The molecule has 0 radical (unpaired) electrons. The predicted octanol–water partition coefficient (Wildman–Crippen LogP) is 2.96. The topological polar surface area (TPSA) is 37.3 Å². The van der Waals surface area contributed by atoms with Crippen LogP contribution in [0.5, 0.6) is 0 Å². The summed E-state index contributed by atoms with van der Waals surface area (Å²) in [6.45, 7) is 0. The van der Waals surface area contributed by atoms with E-state index in [2.05, 4.69) is 22.6 Å². The standard InChI is InChI=1S/C9H8ClIO2/c10-8-3-2-7(11)5-6(8)1-4-9(12)13/h2-3,5H,1,4H2,(H,12,13). The molecular weight excluding hydrogens is 302 g/mol. The number of carboxylic acid groups (broad SMARTS) is 1. The third kappa shape index (κ3) is 3.52. The second-order valence-electron chi connectivity index (χ2n) is 2.63. The molecule has 0 heterocycles. The van der Waals surface area contributed by atoms with E-state index in [1.807, 2.05) is 12.1 Å². The van der Waals surface area contributed by atoms with Crippen LogP contribution in [0.3, 0.4) is 0 Å². The number of aryl methyl sites for hydroxylation is 1. The monoisotopic (exact) mass is 310 g/mol. The molecule has 0 aliphatic carbocycles. The van der Waals surface area contributed by atoms with E-state index >= 15 is 0 Å². The first-order valence-corrected chi connectivity index (χ1v) is 5.21. The van der Waals surface area contributed by atoms with Crippen LogP contribution in [0.2, 0.25) is 5.02 Å². The number of aliphatic carboxylic acids is 1. The van der Waals surface area contributed by atoms with Gasteiger partial charge in [0.2, 0.25) is 0 Å². The Morgan fingerprint density at radius 3 is 2.85 bits per heavy atom. The zero-order valence-corrected chi connectivity index (χ0v) is 9.67. The lowest BCUT2D eigenvalue weighted by atomic mass is 10.1. The molecule has 0 bridgehead atoms. The molecule has 0 amide bonds. The molecule has 0 saturated heterocycles. The van der Waals surface area contributed by atoms with Crippen LogP contribution in [0.25, 0.3) is 0 Å². The summed E-state index contributed by atoms with van der Waals surface area (Å²) in [5, 5.41) is 9.13. The molecule has 0 saturated carbocycles. The summed E-state index contributed by atoms with van der Waals surface area (Å²) >= 11 is 8.06. The lowest BCUT2D eigenvalue weighted by molar-refractivity contribution is -0.136. The van der Waals surface area contributed by atoms with E-state index in [4.69, 9.17) is 16.7 Å². The summed E-state index contributed by atoms with van der Waals surface area (Å²) in [6.07, 6.45) is 0.616. The summed E-state index contributed by atoms with van der Waals surface area (Å²) in [4.78, 5) is 10.3. The quantitative estimate of drug-likeness (QED) is 0.872. The van der Waals surface area contributed by atoms with Crippen molar-refractivity contribution in [1.82, 2.24) is 0 Å². The highest BCUT2D eigenvalue weighted by atomic mass is 127. The van der Waals surface area contributed by atoms with Gasteiger partial charge < -0.3 is 5.11 Å². The maximum Gasteiger partial charge on any atom is 0.303 e. The molecule has 2 nitrogen and oxygen atoms in total. The molecule has 0 unspecified atom stereocenters. The zero-order valence-electron chi connectivity index (χ0n) is 6.76. The number of hydrogen-bond acceptors (Lipinski definition) is 1. The molecule has 0 atom stereocenters. The van der Waals surface area contributed by atoms with Crippen LogP contribution in [-0.2, 0) is 11.2 Å². The van der Waals surface area contributed by atoms with Crippen molar-refractivity contribution < 1.29 is 9.90 Å². The van der Waals surface area contributed by atoms with Gasteiger partial charge in [-0.25, -0.2) is 0 Å². The molecule has 0 fully saturated rings. The largest absolute Gasteiger partial charge is 0.481 e. The fourth-order valence-corrected chi connectivity index (χ4v) is 1.74. The van der Waals surface area contributed by atoms with E-state index < -0.39 is 5.97 Å². The van der Waals surface area contributed by atoms with Gasteiger partial charge in [0.25, 0.3) is 0 Å². The zero-order chi connectivity index (χ0) is 9.84. The molecule has 0 spiro atoms. The van der Waals surface area contributed by atoms with Crippen molar-refractivity contribution >= 4 is 40.2 Å². The Balaban J connectivity index is 2.75. The molecule has 1 N–H and O–H groups in total. The van der Waals surface area contributed by atoms with Crippen LogP contribution in [0, 0.1) is 3.57 Å². The predicted molar refractivity (Wildman–Crippen MR) is 60.1 cm³/mol. The second-order valence-corrected chi connectivity index (χ2v) is 4.28. The van der Waals surface area contributed by atoms with Crippen LogP contribution < -0.4 is 0 Å². The van der Waals surface area contributed by atoms with E-state index in [1.54, 1.807) is 6.07 Å². The van der Waals surface area contributed by atoms with Crippen molar-refractivity contribution in [3.8, 4) is 0 Å². The molecule has 0 aliphatic heterocycles. The maximum atomic E-state index is 10.3. The third-order valence-electron chi connectivity index (χ3n) is 1.62. The van der Waals surface area contributed by atoms with Crippen LogP contribution in [0.4, 0.5) is 0 Å². The lowest BCUT2D eigenvalue weighted by Crippen LogP contribution is -1.98. The molecule has 1 aromatic rings. The normalized spacial score (nSPS) is 10.0. The van der Waals surface area contributed by atoms with Gasteiger partial charge in [-0.15, -0.1) is 0 Å². The van der Waals surface area contributed by atoms with E-state index in [9.17, 15) is 4.79 Å². The number of halogens is 2. The fraction of sp³-hybridized carbons (Fsp3) is 0.222. The average molecular weight is 311 g/mol. The molecule has 0 aromatic heterocycles. The Hall–Kier alpha value is -0.290. The van der Waals surface area contributed by atoms with Gasteiger partial charge in [-0.1, -0.05) is 11.6 Å². The van der Waals surface area contributed by atoms with Crippen LogP contribution in [0.1, 0.15) is 12.0 Å². The second kappa shape index (κ2) is 4.81. The molecule has 1 rings (SSSR count). The van der Waals surface area contributed by atoms with Crippen LogP contribution >= 0.6 is 34.2 Å². The van der Waals surface area contributed by atoms with Crippen LogP contribution in [0.15, 0.2) is 18.2 Å². The van der Waals surface area contributed by atoms with Crippen molar-refractivity contribution in [1.29, 1.82) is 0 Å². The summed E-state index contributed by atoms with van der Waals surface area (Å²) in [6, 6.07) is 5.60. The Kier molecular flexibility index (Phi) is 3.99. The van der Waals surface area contributed by atoms with Crippen molar-refractivity contribution in [3.63, 3.8) is 0 Å². The fourth-order valence-electron chi connectivity index (χ4n) is 0.976. The molecule has 0 aliphatic rings. The van der Waals surface area contributed by atoms with Gasteiger partial charge in [0.15, 0.2) is 0 Å². The smallest absolute Gasteiger partial charge is 0.303 e. The highest BCUT2D eigenvalue weighted by Crippen LogP contribution is 2.20. The van der Waals surface area contributed by atoms with Gasteiger partial charge in [0.05, 0.1) is 0 Å². The number of benzene rings is 1. The van der Waals surface area contributed by atoms with Gasteiger partial charge in [0, 0.05) is 15.0 Å². The first-order chi connectivity index (χ1) is 6.09. The number of hydrogen-bond donors (Lipinski definition) is 1. The molecular formula is C9H8ClIO2. The van der Waals surface area contributed by atoms with E-state index in [0.29, 0.717) is 11.4 Å². The van der Waals surface area contributed by atoms with Gasteiger partial charge in [0.1, 0.15) is 0 Å². The van der Waals surface area contributed by atoms with Crippen molar-refractivity contribution in [2.75, 3.05) is 0 Å².